The summed E-state index contributed by atoms with van der Waals surface area (Å²) in [7, 11) is 3.42. The molecular formula is C20H24N8O. The van der Waals surface area contributed by atoms with Crippen LogP contribution in [0.15, 0.2) is 30.5 Å². The fourth-order valence-corrected chi connectivity index (χ4v) is 4.33. The van der Waals surface area contributed by atoms with Gasteiger partial charge in [0.15, 0.2) is 0 Å². The number of piperidine rings is 1. The van der Waals surface area contributed by atoms with Crippen molar-refractivity contribution in [3.05, 3.63) is 30.5 Å². The highest BCUT2D eigenvalue weighted by molar-refractivity contribution is 5.68. The van der Waals surface area contributed by atoms with Gasteiger partial charge in [0.1, 0.15) is 17.2 Å². The fourth-order valence-electron chi connectivity index (χ4n) is 4.33. The van der Waals surface area contributed by atoms with Gasteiger partial charge in [0.05, 0.1) is 24.6 Å². The molecule has 2 N–H and O–H groups in total. The lowest BCUT2D eigenvalue weighted by molar-refractivity contribution is 0.377. The van der Waals surface area contributed by atoms with Crippen molar-refractivity contribution in [3.8, 4) is 28.5 Å². The summed E-state index contributed by atoms with van der Waals surface area (Å²) in [5.74, 6) is 1.29. The van der Waals surface area contributed by atoms with Crippen molar-refractivity contribution in [2.75, 3.05) is 12.4 Å². The first-order valence-corrected chi connectivity index (χ1v) is 9.96. The Kier molecular flexibility index (Phi) is 4.59. The second-order valence-electron chi connectivity index (χ2n) is 7.79. The first-order chi connectivity index (χ1) is 14.2. The van der Waals surface area contributed by atoms with E-state index >= 15 is 0 Å². The van der Waals surface area contributed by atoms with Crippen molar-refractivity contribution >= 4 is 5.82 Å². The Morgan fingerprint density at radius 2 is 1.79 bits per heavy atom. The number of ether oxygens (including phenoxy) is 1. The van der Waals surface area contributed by atoms with Gasteiger partial charge in [0.25, 0.3) is 0 Å². The van der Waals surface area contributed by atoms with Crippen LogP contribution < -0.4 is 15.4 Å². The highest BCUT2D eigenvalue weighted by Gasteiger charge is 2.33. The third-order valence-electron chi connectivity index (χ3n) is 5.68. The first-order valence-electron chi connectivity index (χ1n) is 9.96. The van der Waals surface area contributed by atoms with Crippen molar-refractivity contribution in [1.82, 2.24) is 35.5 Å². The van der Waals surface area contributed by atoms with Gasteiger partial charge >= 0.3 is 0 Å². The fraction of sp³-hybridized carbons (Fsp3) is 0.450. The Morgan fingerprint density at radius 1 is 1.00 bits per heavy atom. The van der Waals surface area contributed by atoms with E-state index in [2.05, 4.69) is 36.1 Å². The third kappa shape index (κ3) is 3.65. The number of methoxy groups -OCH3 is 1. The van der Waals surface area contributed by atoms with E-state index in [9.17, 15) is 0 Å². The molecule has 0 spiro atoms. The standard InChI is InChI=1S/C20H24N8O/c1-28-11-18(25-27-28)15-5-6-16(23-20(15)29-2)17-7-8-19(26-24-17)22-14-9-12-3-4-13(10-14)21-12/h5-8,11-14,21H,3-4,9-10H2,1-2H3,(H,22,26). The summed E-state index contributed by atoms with van der Waals surface area (Å²) in [6.07, 6.45) is 6.68. The molecule has 2 atom stereocenters. The SMILES string of the molecule is COc1nc(-c2ccc(NC3CC4CCC(C3)N4)nn2)ccc1-c1cn(C)nn1. The van der Waals surface area contributed by atoms with E-state index in [4.69, 9.17) is 4.74 Å². The van der Waals surface area contributed by atoms with Gasteiger partial charge in [-0.15, -0.1) is 15.3 Å². The van der Waals surface area contributed by atoms with Crippen LogP contribution in [0.2, 0.25) is 0 Å². The van der Waals surface area contributed by atoms with Crippen LogP contribution >= 0.6 is 0 Å². The van der Waals surface area contributed by atoms with Gasteiger partial charge < -0.3 is 15.4 Å². The predicted octanol–water partition coefficient (Wildman–Crippen LogP) is 2.04. The van der Waals surface area contributed by atoms with Crippen molar-refractivity contribution in [2.24, 2.45) is 7.05 Å². The Labute approximate surface area is 168 Å². The van der Waals surface area contributed by atoms with Gasteiger partial charge in [-0.25, -0.2) is 4.98 Å². The maximum Gasteiger partial charge on any atom is 0.223 e. The maximum atomic E-state index is 5.47. The molecule has 5 heterocycles. The molecule has 29 heavy (non-hydrogen) atoms. The smallest absolute Gasteiger partial charge is 0.223 e. The molecule has 0 amide bonds. The molecule has 2 fully saturated rings. The molecule has 0 aliphatic carbocycles. The molecule has 2 aliphatic heterocycles. The number of anilines is 1. The average molecular weight is 392 g/mol. The maximum absolute atomic E-state index is 5.47. The zero-order chi connectivity index (χ0) is 19.8. The monoisotopic (exact) mass is 392 g/mol. The number of aromatic nitrogens is 6. The van der Waals surface area contributed by atoms with Crippen LogP contribution in [0.1, 0.15) is 25.7 Å². The number of nitrogens with zero attached hydrogens (tertiary/aromatic N) is 6. The Balaban J connectivity index is 1.33. The summed E-state index contributed by atoms with van der Waals surface area (Å²) >= 11 is 0. The minimum atomic E-state index is 0.457. The van der Waals surface area contributed by atoms with Crippen molar-refractivity contribution in [2.45, 2.75) is 43.8 Å². The van der Waals surface area contributed by atoms with E-state index in [0.717, 1.165) is 24.2 Å². The number of fused-ring (bicyclic) bond motifs is 2. The highest BCUT2D eigenvalue weighted by atomic mass is 16.5. The van der Waals surface area contributed by atoms with Crippen LogP contribution in [-0.2, 0) is 7.05 Å². The topological polar surface area (TPSA) is 103 Å². The van der Waals surface area contributed by atoms with Crippen molar-refractivity contribution < 1.29 is 4.74 Å². The Morgan fingerprint density at radius 3 is 2.45 bits per heavy atom. The number of pyridine rings is 1. The van der Waals surface area contributed by atoms with Crippen LogP contribution in [0.5, 0.6) is 5.88 Å². The number of hydrogen-bond donors (Lipinski definition) is 2. The van der Waals surface area contributed by atoms with Gasteiger partial charge in [0.2, 0.25) is 5.88 Å². The zero-order valence-electron chi connectivity index (χ0n) is 16.5. The highest BCUT2D eigenvalue weighted by Crippen LogP contribution is 2.30. The molecule has 0 saturated carbocycles. The van der Waals surface area contributed by atoms with E-state index < -0.39 is 0 Å². The second kappa shape index (κ2) is 7.40. The predicted molar refractivity (Wildman–Crippen MR) is 108 cm³/mol. The molecule has 2 bridgehead atoms. The van der Waals surface area contributed by atoms with Crippen LogP contribution in [0.4, 0.5) is 5.82 Å². The summed E-state index contributed by atoms with van der Waals surface area (Å²) < 4.78 is 7.11. The largest absolute Gasteiger partial charge is 0.480 e. The van der Waals surface area contributed by atoms with Crippen LogP contribution in [-0.4, -0.2) is 55.4 Å². The third-order valence-corrected chi connectivity index (χ3v) is 5.68. The first kappa shape index (κ1) is 18.0. The molecule has 150 valence electrons. The summed E-state index contributed by atoms with van der Waals surface area (Å²) in [5.41, 5.74) is 2.90. The zero-order valence-corrected chi connectivity index (χ0v) is 16.5. The molecule has 2 saturated heterocycles. The van der Waals surface area contributed by atoms with E-state index in [1.807, 2.05) is 37.5 Å². The van der Waals surface area contributed by atoms with Gasteiger partial charge in [-0.3, -0.25) is 4.68 Å². The summed E-state index contributed by atoms with van der Waals surface area (Å²) in [5, 5.41) is 24.0. The molecular weight excluding hydrogens is 368 g/mol. The molecule has 9 heteroatoms. The van der Waals surface area contributed by atoms with Crippen molar-refractivity contribution in [3.63, 3.8) is 0 Å². The molecule has 2 aliphatic rings. The summed E-state index contributed by atoms with van der Waals surface area (Å²) in [6.45, 7) is 0. The van der Waals surface area contributed by atoms with Gasteiger partial charge in [-0.1, -0.05) is 5.21 Å². The lowest BCUT2D eigenvalue weighted by Gasteiger charge is -2.29. The lowest BCUT2D eigenvalue weighted by Crippen LogP contribution is -2.43. The number of aryl methyl sites for hydroxylation is 1. The molecule has 0 aromatic carbocycles. The molecule has 2 unspecified atom stereocenters. The van der Waals surface area contributed by atoms with Gasteiger partial charge in [-0.2, -0.15) is 0 Å². The van der Waals surface area contributed by atoms with Crippen LogP contribution in [0, 0.1) is 0 Å². The minimum absolute atomic E-state index is 0.457. The number of nitrogens with one attached hydrogen (secondary N) is 2. The van der Waals surface area contributed by atoms with E-state index in [1.54, 1.807) is 11.8 Å². The molecule has 0 radical (unpaired) electrons. The van der Waals surface area contributed by atoms with Crippen molar-refractivity contribution in [1.29, 1.82) is 0 Å². The van der Waals surface area contributed by atoms with E-state index in [-0.39, 0.29) is 0 Å². The number of hydrogen-bond acceptors (Lipinski definition) is 8. The van der Waals surface area contributed by atoms with Crippen LogP contribution in [0.25, 0.3) is 22.6 Å². The van der Waals surface area contributed by atoms with Crippen LogP contribution in [0.3, 0.4) is 0 Å². The minimum Gasteiger partial charge on any atom is -0.480 e. The Bertz CT molecular complexity index is 990. The summed E-state index contributed by atoms with van der Waals surface area (Å²) in [4.78, 5) is 4.59. The normalized spacial score (nSPS) is 23.2. The molecule has 9 nitrogen and oxygen atoms in total. The quantitative estimate of drug-likeness (QED) is 0.680. The van der Waals surface area contributed by atoms with Gasteiger partial charge in [-0.05, 0) is 49.9 Å². The Hall–Kier alpha value is -3.07. The number of rotatable bonds is 5. The second-order valence-corrected chi connectivity index (χ2v) is 7.79. The molecule has 3 aromatic rings. The van der Waals surface area contributed by atoms with E-state index in [1.165, 1.54) is 12.8 Å². The molecule has 5 rings (SSSR count). The van der Waals surface area contributed by atoms with E-state index in [0.29, 0.717) is 41.1 Å². The summed E-state index contributed by atoms with van der Waals surface area (Å²) in [6, 6.07) is 9.47. The molecule has 3 aromatic heterocycles. The van der Waals surface area contributed by atoms with Gasteiger partial charge in [0, 0.05) is 25.2 Å². The average Bonchev–Trinajstić information content (AvgIpc) is 3.32. The lowest BCUT2D eigenvalue weighted by atomic mass is 10.00.